The molecule has 2 heteroatoms. The number of nitrogens with one attached hydrogen (secondary N) is 1. The van der Waals surface area contributed by atoms with Gasteiger partial charge in [-0.25, -0.2) is 0 Å². The smallest absolute Gasteiger partial charge is 0.255 e. The van der Waals surface area contributed by atoms with Crippen LogP contribution in [0.5, 0.6) is 0 Å². The van der Waals surface area contributed by atoms with Crippen molar-refractivity contribution in [3.8, 4) is 11.1 Å². The molecular weight excluding hydrogens is 294 g/mol. The zero-order valence-electron chi connectivity index (χ0n) is 14.0. The van der Waals surface area contributed by atoms with Crippen LogP contribution in [-0.2, 0) is 0 Å². The molecule has 1 N–H and O–H groups in total. The summed E-state index contributed by atoms with van der Waals surface area (Å²) in [4.78, 5) is 12.7. The molecule has 0 aliphatic heterocycles. The van der Waals surface area contributed by atoms with Gasteiger partial charge in [-0.05, 0) is 29.2 Å². The number of carbonyl (C=O) groups is 1. The van der Waals surface area contributed by atoms with Gasteiger partial charge in [0.2, 0.25) is 0 Å². The lowest BCUT2D eigenvalue weighted by Crippen LogP contribution is -2.14. The molecule has 0 fully saturated rings. The number of amides is 1. The van der Waals surface area contributed by atoms with Crippen molar-refractivity contribution in [3.05, 3.63) is 90.0 Å². The number of anilines is 1. The van der Waals surface area contributed by atoms with Crippen LogP contribution in [0, 0.1) is 0 Å². The Hall–Kier alpha value is -2.87. The van der Waals surface area contributed by atoms with Crippen LogP contribution >= 0.6 is 0 Å². The minimum Gasteiger partial charge on any atom is -0.321 e. The van der Waals surface area contributed by atoms with Crippen molar-refractivity contribution in [2.24, 2.45) is 0 Å². The highest BCUT2D eigenvalue weighted by molar-refractivity contribution is 6.06. The molecule has 0 saturated carbocycles. The minimum atomic E-state index is -0.0825. The topological polar surface area (TPSA) is 29.1 Å². The predicted molar refractivity (Wildman–Crippen MR) is 100 cm³/mol. The van der Waals surface area contributed by atoms with E-state index < -0.39 is 0 Å². The third-order valence-corrected chi connectivity index (χ3v) is 4.08. The molecule has 0 aromatic heterocycles. The number of hydrogen-bond donors (Lipinski definition) is 1. The molecule has 0 saturated heterocycles. The molecule has 0 radical (unpaired) electrons. The van der Waals surface area contributed by atoms with Crippen LogP contribution in [0.2, 0.25) is 0 Å². The van der Waals surface area contributed by atoms with Gasteiger partial charge < -0.3 is 5.32 Å². The lowest BCUT2D eigenvalue weighted by Gasteiger charge is -2.18. The lowest BCUT2D eigenvalue weighted by molar-refractivity contribution is 0.102. The number of benzene rings is 3. The Kier molecular flexibility index (Phi) is 4.76. The number of hydrogen-bond acceptors (Lipinski definition) is 1. The van der Waals surface area contributed by atoms with Gasteiger partial charge >= 0.3 is 0 Å². The Morgan fingerprint density at radius 2 is 1.42 bits per heavy atom. The van der Waals surface area contributed by atoms with Crippen molar-refractivity contribution in [2.75, 3.05) is 5.32 Å². The van der Waals surface area contributed by atoms with E-state index in [4.69, 9.17) is 0 Å². The summed E-state index contributed by atoms with van der Waals surface area (Å²) in [5, 5.41) is 3.14. The molecule has 0 aliphatic carbocycles. The highest BCUT2D eigenvalue weighted by atomic mass is 16.1. The fraction of sp³-hybridized carbons (Fsp3) is 0.136. The minimum absolute atomic E-state index is 0.0825. The van der Waals surface area contributed by atoms with E-state index in [0.29, 0.717) is 11.5 Å². The summed E-state index contributed by atoms with van der Waals surface area (Å²) in [6.07, 6.45) is 0. The first-order valence-corrected chi connectivity index (χ1v) is 8.21. The maximum atomic E-state index is 12.7. The molecule has 0 spiro atoms. The van der Waals surface area contributed by atoms with Crippen molar-refractivity contribution in [1.82, 2.24) is 0 Å². The summed E-state index contributed by atoms with van der Waals surface area (Å²) in [5.41, 5.74) is 4.85. The van der Waals surface area contributed by atoms with Gasteiger partial charge in [-0.15, -0.1) is 0 Å². The molecule has 24 heavy (non-hydrogen) atoms. The Labute approximate surface area is 143 Å². The largest absolute Gasteiger partial charge is 0.321 e. The zero-order valence-corrected chi connectivity index (χ0v) is 14.0. The van der Waals surface area contributed by atoms with Crippen LogP contribution < -0.4 is 5.32 Å². The highest BCUT2D eigenvalue weighted by Gasteiger charge is 2.15. The van der Waals surface area contributed by atoms with Crippen LogP contribution in [0.25, 0.3) is 11.1 Å². The van der Waals surface area contributed by atoms with Crippen LogP contribution in [0.3, 0.4) is 0 Å². The fourth-order valence-corrected chi connectivity index (χ4v) is 2.82. The first kappa shape index (κ1) is 16.0. The maximum absolute atomic E-state index is 12.7. The van der Waals surface area contributed by atoms with Gasteiger partial charge in [-0.1, -0.05) is 80.6 Å². The van der Waals surface area contributed by atoms with Crippen LogP contribution in [-0.4, -0.2) is 5.91 Å². The molecule has 120 valence electrons. The summed E-state index contributed by atoms with van der Waals surface area (Å²) in [6.45, 7) is 4.28. The van der Waals surface area contributed by atoms with E-state index in [9.17, 15) is 4.79 Å². The second-order valence-corrected chi connectivity index (χ2v) is 6.11. The van der Waals surface area contributed by atoms with E-state index in [1.165, 1.54) is 0 Å². The van der Waals surface area contributed by atoms with Gasteiger partial charge in [-0.3, -0.25) is 4.79 Å². The van der Waals surface area contributed by atoms with Gasteiger partial charge in [-0.2, -0.15) is 0 Å². The van der Waals surface area contributed by atoms with Gasteiger partial charge in [0.25, 0.3) is 5.91 Å². The molecule has 3 aromatic rings. The van der Waals surface area contributed by atoms with Crippen LogP contribution in [0.15, 0.2) is 78.9 Å². The van der Waals surface area contributed by atoms with Gasteiger partial charge in [0.05, 0.1) is 5.69 Å². The van der Waals surface area contributed by atoms with Crippen molar-refractivity contribution in [2.45, 2.75) is 19.8 Å². The van der Waals surface area contributed by atoms with Gasteiger partial charge in [0.15, 0.2) is 0 Å². The Balaban J connectivity index is 2.06. The quantitative estimate of drug-likeness (QED) is 0.654. The molecule has 3 aromatic carbocycles. The summed E-state index contributed by atoms with van der Waals surface area (Å²) in [7, 11) is 0. The molecule has 1 amide bonds. The molecule has 0 heterocycles. The highest BCUT2D eigenvalue weighted by Crippen LogP contribution is 2.35. The van der Waals surface area contributed by atoms with E-state index in [2.05, 4.69) is 49.5 Å². The number of para-hydroxylation sites is 1. The monoisotopic (exact) mass is 315 g/mol. The first-order valence-electron chi connectivity index (χ1n) is 8.21. The molecule has 0 bridgehead atoms. The van der Waals surface area contributed by atoms with Gasteiger partial charge in [0.1, 0.15) is 0 Å². The molecule has 3 rings (SSSR count). The third-order valence-electron chi connectivity index (χ3n) is 4.08. The number of rotatable bonds is 4. The van der Waals surface area contributed by atoms with E-state index >= 15 is 0 Å². The molecule has 0 atom stereocenters. The van der Waals surface area contributed by atoms with Crippen LogP contribution in [0.4, 0.5) is 5.69 Å². The molecule has 2 nitrogen and oxygen atoms in total. The summed E-state index contributed by atoms with van der Waals surface area (Å²) < 4.78 is 0. The third kappa shape index (κ3) is 3.38. The molecular formula is C22H21NO. The van der Waals surface area contributed by atoms with Crippen molar-refractivity contribution in [1.29, 1.82) is 0 Å². The van der Waals surface area contributed by atoms with Crippen molar-refractivity contribution < 1.29 is 4.79 Å². The Morgan fingerprint density at radius 3 is 2.04 bits per heavy atom. The van der Waals surface area contributed by atoms with E-state index in [-0.39, 0.29) is 5.91 Å². The van der Waals surface area contributed by atoms with Crippen molar-refractivity contribution in [3.63, 3.8) is 0 Å². The lowest BCUT2D eigenvalue weighted by atomic mass is 9.94. The Morgan fingerprint density at radius 1 is 0.792 bits per heavy atom. The molecule has 0 aliphatic rings. The van der Waals surface area contributed by atoms with Crippen molar-refractivity contribution >= 4 is 11.6 Å². The Bertz CT molecular complexity index is 823. The average Bonchev–Trinajstić information content (AvgIpc) is 2.63. The van der Waals surface area contributed by atoms with E-state index in [1.54, 1.807) is 0 Å². The van der Waals surface area contributed by atoms with Crippen LogP contribution in [0.1, 0.15) is 35.7 Å². The summed E-state index contributed by atoms with van der Waals surface area (Å²) in [5.74, 6) is 0.237. The SMILES string of the molecule is CC(C)c1cccc(-c2ccccc2)c1NC(=O)c1ccccc1. The normalized spacial score (nSPS) is 10.6. The average molecular weight is 315 g/mol. The second kappa shape index (κ2) is 7.14. The fourth-order valence-electron chi connectivity index (χ4n) is 2.82. The standard InChI is InChI=1S/C22H21NO/c1-16(2)19-14-9-15-20(17-10-5-3-6-11-17)21(19)23-22(24)18-12-7-4-8-13-18/h3-16H,1-2H3,(H,23,24). The van der Waals surface area contributed by atoms with Gasteiger partial charge in [0, 0.05) is 11.1 Å². The maximum Gasteiger partial charge on any atom is 0.255 e. The second-order valence-electron chi connectivity index (χ2n) is 6.11. The summed E-state index contributed by atoms with van der Waals surface area (Å²) in [6, 6.07) is 25.7. The first-order chi connectivity index (χ1) is 11.7. The predicted octanol–water partition coefficient (Wildman–Crippen LogP) is 5.73. The zero-order chi connectivity index (χ0) is 16.9. The van der Waals surface area contributed by atoms with E-state index in [0.717, 1.165) is 22.4 Å². The number of carbonyl (C=O) groups excluding carboxylic acids is 1. The molecule has 0 unspecified atom stereocenters. The van der Waals surface area contributed by atoms with E-state index in [1.807, 2.05) is 48.5 Å². The summed E-state index contributed by atoms with van der Waals surface area (Å²) >= 11 is 0.